The minimum Gasteiger partial charge on any atom is -0.341 e. The molecule has 0 saturated carbocycles. The lowest BCUT2D eigenvalue weighted by Gasteiger charge is -2.16. The second-order valence-corrected chi connectivity index (χ2v) is 5.87. The highest BCUT2D eigenvalue weighted by Gasteiger charge is 2.06. The quantitative estimate of drug-likeness (QED) is 0.836. The van der Waals surface area contributed by atoms with E-state index in [2.05, 4.69) is 43.4 Å². The number of amides is 2. The molecule has 2 amide bonds. The molecule has 0 radical (unpaired) electrons. The molecule has 0 saturated heterocycles. The Morgan fingerprint density at radius 2 is 1.94 bits per heavy atom. The number of nitrogens with zero attached hydrogens (tertiary/aromatic N) is 1. The van der Waals surface area contributed by atoms with Crippen molar-refractivity contribution < 1.29 is 4.79 Å². The van der Waals surface area contributed by atoms with E-state index < -0.39 is 0 Å². The number of rotatable bonds is 4. The molecule has 1 aromatic carbocycles. The van der Waals surface area contributed by atoms with Crippen LogP contribution in [0.3, 0.4) is 0 Å². The highest BCUT2D eigenvalue weighted by molar-refractivity contribution is 7.99. The van der Waals surface area contributed by atoms with E-state index in [9.17, 15) is 4.79 Å². The largest absolute Gasteiger partial charge is 0.341 e. The summed E-state index contributed by atoms with van der Waals surface area (Å²) in [6.07, 6.45) is 0. The molecule has 3 nitrogen and oxygen atoms in total. The molecule has 17 heavy (non-hydrogen) atoms. The van der Waals surface area contributed by atoms with Crippen LogP contribution in [0.15, 0.2) is 29.2 Å². The molecule has 4 heteroatoms. The Hall–Kier alpha value is -1.16. The smallest absolute Gasteiger partial charge is 0.317 e. The third kappa shape index (κ3) is 4.69. The van der Waals surface area contributed by atoms with Crippen LogP contribution < -0.4 is 5.32 Å². The number of carbonyl (C=O) groups excluding carboxylic acids is 1. The maximum Gasteiger partial charge on any atom is 0.317 e. The van der Waals surface area contributed by atoms with E-state index >= 15 is 0 Å². The summed E-state index contributed by atoms with van der Waals surface area (Å²) in [7, 11) is 3.43. The van der Waals surface area contributed by atoms with Crippen molar-refractivity contribution >= 4 is 17.8 Å². The Labute approximate surface area is 108 Å². The first-order valence-corrected chi connectivity index (χ1v) is 6.59. The molecule has 0 aliphatic heterocycles. The zero-order chi connectivity index (χ0) is 12.8. The first kappa shape index (κ1) is 13.9. The van der Waals surface area contributed by atoms with Crippen LogP contribution in [0.5, 0.6) is 0 Å². The van der Waals surface area contributed by atoms with Gasteiger partial charge in [-0.1, -0.05) is 26.0 Å². The average Bonchev–Trinajstić information content (AvgIpc) is 2.30. The van der Waals surface area contributed by atoms with Crippen LogP contribution in [0.25, 0.3) is 0 Å². The lowest BCUT2D eigenvalue weighted by Crippen LogP contribution is -2.34. The highest BCUT2D eigenvalue weighted by atomic mass is 32.2. The Kier molecular flexibility index (Phi) is 5.35. The van der Waals surface area contributed by atoms with E-state index in [0.29, 0.717) is 11.8 Å². The molecule has 0 unspecified atom stereocenters. The molecule has 0 spiro atoms. The second kappa shape index (κ2) is 6.55. The van der Waals surface area contributed by atoms with Gasteiger partial charge in [-0.25, -0.2) is 4.79 Å². The van der Waals surface area contributed by atoms with Gasteiger partial charge in [-0.3, -0.25) is 0 Å². The van der Waals surface area contributed by atoms with Gasteiger partial charge in [0, 0.05) is 30.8 Å². The van der Waals surface area contributed by atoms with Gasteiger partial charge in [0.15, 0.2) is 0 Å². The first-order chi connectivity index (χ1) is 8.02. The second-order valence-electron chi connectivity index (χ2n) is 4.22. The van der Waals surface area contributed by atoms with Crippen molar-refractivity contribution in [1.82, 2.24) is 10.2 Å². The van der Waals surface area contributed by atoms with Crippen molar-refractivity contribution in [3.05, 3.63) is 29.8 Å². The summed E-state index contributed by atoms with van der Waals surface area (Å²) in [5.74, 6) is 0. The Morgan fingerprint density at radius 3 is 2.41 bits per heavy atom. The third-order valence-electron chi connectivity index (χ3n) is 2.28. The number of carbonyl (C=O) groups is 1. The number of benzene rings is 1. The predicted octanol–water partition coefficient (Wildman–Crippen LogP) is 2.96. The summed E-state index contributed by atoms with van der Waals surface area (Å²) in [6.45, 7) is 4.99. The van der Waals surface area contributed by atoms with Gasteiger partial charge in [0.25, 0.3) is 0 Å². The fourth-order valence-corrected chi connectivity index (χ4v) is 2.32. The van der Waals surface area contributed by atoms with E-state index in [1.807, 2.05) is 11.8 Å². The number of urea groups is 1. The van der Waals surface area contributed by atoms with Gasteiger partial charge >= 0.3 is 6.03 Å². The zero-order valence-electron chi connectivity index (χ0n) is 10.9. The van der Waals surface area contributed by atoms with Crippen LogP contribution in [-0.2, 0) is 6.54 Å². The molecule has 0 aromatic heterocycles. The van der Waals surface area contributed by atoms with Crippen molar-refractivity contribution in [2.24, 2.45) is 0 Å². The minimum atomic E-state index is -0.0642. The fraction of sp³-hybridized carbons (Fsp3) is 0.462. The van der Waals surface area contributed by atoms with Crippen LogP contribution in [0.2, 0.25) is 0 Å². The Balaban J connectivity index is 2.59. The number of thioether (sulfide) groups is 1. The molecule has 0 atom stereocenters. The fourth-order valence-electron chi connectivity index (χ4n) is 1.48. The Bertz CT molecular complexity index is 362. The molecule has 0 aliphatic rings. The van der Waals surface area contributed by atoms with Crippen LogP contribution in [0.1, 0.15) is 19.4 Å². The molecular weight excluding hydrogens is 232 g/mol. The molecule has 0 heterocycles. The molecule has 1 rings (SSSR count). The van der Waals surface area contributed by atoms with Gasteiger partial charge in [-0.2, -0.15) is 0 Å². The topological polar surface area (TPSA) is 32.3 Å². The summed E-state index contributed by atoms with van der Waals surface area (Å²) < 4.78 is 0. The monoisotopic (exact) mass is 252 g/mol. The molecule has 0 fully saturated rings. The third-order valence-corrected chi connectivity index (χ3v) is 3.29. The van der Waals surface area contributed by atoms with Gasteiger partial charge in [-0.15, -0.1) is 11.8 Å². The summed E-state index contributed by atoms with van der Waals surface area (Å²) in [4.78, 5) is 14.3. The van der Waals surface area contributed by atoms with Gasteiger partial charge in [-0.05, 0) is 17.7 Å². The summed E-state index contributed by atoms with van der Waals surface area (Å²) in [5.41, 5.74) is 1.14. The van der Waals surface area contributed by atoms with Crippen molar-refractivity contribution in [2.45, 2.75) is 30.5 Å². The van der Waals surface area contributed by atoms with E-state index in [0.717, 1.165) is 5.56 Å². The lowest BCUT2D eigenvalue weighted by molar-refractivity contribution is 0.209. The van der Waals surface area contributed by atoms with Crippen LogP contribution >= 0.6 is 11.8 Å². The standard InChI is InChI=1S/C13H20N2OS/c1-10(2)17-12-7-5-11(6-8-12)9-15(4)13(16)14-3/h5-8,10H,9H2,1-4H3,(H,14,16). The molecule has 1 N–H and O–H groups in total. The van der Waals surface area contributed by atoms with Crippen molar-refractivity contribution in [3.63, 3.8) is 0 Å². The Morgan fingerprint density at radius 1 is 1.35 bits per heavy atom. The maximum atomic E-state index is 11.3. The van der Waals surface area contributed by atoms with Gasteiger partial charge in [0.2, 0.25) is 0 Å². The van der Waals surface area contributed by atoms with E-state index in [1.54, 1.807) is 19.0 Å². The minimum absolute atomic E-state index is 0.0642. The number of nitrogens with one attached hydrogen (secondary N) is 1. The highest BCUT2D eigenvalue weighted by Crippen LogP contribution is 2.23. The van der Waals surface area contributed by atoms with Crippen molar-refractivity contribution in [2.75, 3.05) is 14.1 Å². The van der Waals surface area contributed by atoms with E-state index in [-0.39, 0.29) is 6.03 Å². The summed E-state index contributed by atoms with van der Waals surface area (Å²) in [6, 6.07) is 8.30. The molecule has 1 aromatic rings. The molecule has 0 bridgehead atoms. The lowest BCUT2D eigenvalue weighted by atomic mass is 10.2. The van der Waals surface area contributed by atoms with E-state index in [4.69, 9.17) is 0 Å². The molecular formula is C13H20N2OS. The number of hydrogen-bond acceptors (Lipinski definition) is 2. The average molecular weight is 252 g/mol. The maximum absolute atomic E-state index is 11.3. The SMILES string of the molecule is CNC(=O)N(C)Cc1ccc(SC(C)C)cc1. The first-order valence-electron chi connectivity index (χ1n) is 5.71. The summed E-state index contributed by atoms with van der Waals surface area (Å²) in [5, 5.41) is 3.20. The van der Waals surface area contributed by atoms with Crippen LogP contribution in [-0.4, -0.2) is 30.3 Å². The van der Waals surface area contributed by atoms with Crippen LogP contribution in [0, 0.1) is 0 Å². The van der Waals surface area contributed by atoms with Crippen molar-refractivity contribution in [3.8, 4) is 0 Å². The zero-order valence-corrected chi connectivity index (χ0v) is 11.7. The van der Waals surface area contributed by atoms with Gasteiger partial charge < -0.3 is 10.2 Å². The predicted molar refractivity (Wildman–Crippen MR) is 73.4 cm³/mol. The molecule has 0 aliphatic carbocycles. The number of hydrogen-bond donors (Lipinski definition) is 1. The van der Waals surface area contributed by atoms with Gasteiger partial charge in [0.1, 0.15) is 0 Å². The van der Waals surface area contributed by atoms with E-state index in [1.165, 1.54) is 4.90 Å². The van der Waals surface area contributed by atoms with Crippen LogP contribution in [0.4, 0.5) is 4.79 Å². The van der Waals surface area contributed by atoms with Gasteiger partial charge in [0.05, 0.1) is 0 Å². The molecule has 94 valence electrons. The van der Waals surface area contributed by atoms with Crippen molar-refractivity contribution in [1.29, 1.82) is 0 Å². The normalized spacial score (nSPS) is 10.4. The summed E-state index contributed by atoms with van der Waals surface area (Å²) >= 11 is 1.84.